The average molecular weight is 319 g/mol. The van der Waals surface area contributed by atoms with Crippen LogP contribution in [0.2, 0.25) is 0 Å². The Balaban J connectivity index is 1.78. The number of fused-ring (bicyclic) bond motifs is 5. The van der Waals surface area contributed by atoms with E-state index in [1.165, 1.54) is 44.8 Å². The van der Waals surface area contributed by atoms with Crippen molar-refractivity contribution in [3.8, 4) is 0 Å². The van der Waals surface area contributed by atoms with Gasteiger partial charge < -0.3 is 9.53 Å². The van der Waals surface area contributed by atoms with Crippen LogP contribution in [0.3, 0.4) is 0 Å². The summed E-state index contributed by atoms with van der Waals surface area (Å²) < 4.78 is 6.21. The molecule has 23 heavy (non-hydrogen) atoms. The van der Waals surface area contributed by atoms with Crippen LogP contribution < -0.4 is 0 Å². The number of hydrogen-bond donors (Lipinski definition) is 0. The molecule has 4 aliphatic rings. The molecule has 4 rings (SSSR count). The van der Waals surface area contributed by atoms with E-state index in [1.54, 1.807) is 0 Å². The molecule has 1 heterocycles. The minimum atomic E-state index is -0.0569. The van der Waals surface area contributed by atoms with Gasteiger partial charge in [0.2, 0.25) is 0 Å². The van der Waals surface area contributed by atoms with Gasteiger partial charge in [-0.1, -0.05) is 27.2 Å². The maximum Gasteiger partial charge on any atom is 0.126 e. The fraction of sp³-hybridized carbons (Fsp3) is 0.952. The van der Waals surface area contributed by atoms with E-state index in [0.29, 0.717) is 28.6 Å². The van der Waals surface area contributed by atoms with Crippen LogP contribution in [0.25, 0.3) is 0 Å². The molecule has 0 amide bonds. The second-order valence-corrected chi connectivity index (χ2v) is 10.3. The molecule has 4 fully saturated rings. The number of hydrogen-bond acceptors (Lipinski definition) is 2. The van der Waals surface area contributed by atoms with Crippen LogP contribution in [-0.4, -0.2) is 18.5 Å². The summed E-state index contributed by atoms with van der Waals surface area (Å²) in [6.45, 7) is 10.6. The summed E-state index contributed by atoms with van der Waals surface area (Å²) in [6.07, 6.45) is 11.2. The molecule has 3 aliphatic carbocycles. The Labute approximate surface area is 141 Å². The summed E-state index contributed by atoms with van der Waals surface area (Å²) in [5, 5.41) is 0. The van der Waals surface area contributed by atoms with Crippen LogP contribution in [0.15, 0.2) is 0 Å². The first-order chi connectivity index (χ1) is 10.8. The van der Waals surface area contributed by atoms with Gasteiger partial charge >= 0.3 is 0 Å². The SMILES string of the molecule is CC1(C)CCC[C@@]2(C=O)[C@H]1CC[C@]1(C)[C@@H]2CC[C@]2(C)OCC[C@@H]12. The molecule has 2 nitrogen and oxygen atoms in total. The van der Waals surface area contributed by atoms with Crippen LogP contribution in [-0.2, 0) is 9.53 Å². The Morgan fingerprint density at radius 3 is 2.35 bits per heavy atom. The first kappa shape index (κ1) is 16.1. The summed E-state index contributed by atoms with van der Waals surface area (Å²) >= 11 is 0. The monoisotopic (exact) mass is 318 g/mol. The molecule has 1 saturated heterocycles. The summed E-state index contributed by atoms with van der Waals surface area (Å²) in [5.41, 5.74) is 0.646. The van der Waals surface area contributed by atoms with Gasteiger partial charge in [-0.15, -0.1) is 0 Å². The lowest BCUT2D eigenvalue weighted by atomic mass is 9.38. The number of ether oxygens (including phenoxy) is 1. The third kappa shape index (κ3) is 1.94. The van der Waals surface area contributed by atoms with Gasteiger partial charge in [0.25, 0.3) is 0 Å². The smallest absolute Gasteiger partial charge is 0.126 e. The molecular formula is C21H34O2. The molecule has 6 atom stereocenters. The molecule has 0 spiro atoms. The van der Waals surface area contributed by atoms with Crippen molar-refractivity contribution in [1.29, 1.82) is 0 Å². The van der Waals surface area contributed by atoms with Crippen molar-refractivity contribution in [3.63, 3.8) is 0 Å². The predicted octanol–water partition coefficient (Wildman–Crippen LogP) is 5.00. The third-order valence-corrected chi connectivity index (χ3v) is 8.96. The Morgan fingerprint density at radius 2 is 1.61 bits per heavy atom. The van der Waals surface area contributed by atoms with Gasteiger partial charge in [0.15, 0.2) is 0 Å². The van der Waals surface area contributed by atoms with Gasteiger partial charge in [-0.3, -0.25) is 0 Å². The Kier molecular flexibility index (Phi) is 3.39. The molecule has 0 aromatic rings. The number of carbonyl (C=O) groups is 1. The molecule has 1 aliphatic heterocycles. The topological polar surface area (TPSA) is 26.3 Å². The number of carbonyl (C=O) groups excluding carboxylic acids is 1. The lowest BCUT2D eigenvalue weighted by Crippen LogP contribution is -2.63. The predicted molar refractivity (Wildman–Crippen MR) is 92.1 cm³/mol. The molecule has 130 valence electrons. The van der Waals surface area contributed by atoms with Crippen LogP contribution in [0.5, 0.6) is 0 Å². The molecule has 2 heteroatoms. The largest absolute Gasteiger partial charge is 0.375 e. The molecule has 0 aromatic carbocycles. The lowest BCUT2D eigenvalue weighted by Gasteiger charge is -2.66. The minimum Gasteiger partial charge on any atom is -0.375 e. The molecule has 0 bridgehead atoms. The first-order valence-corrected chi connectivity index (χ1v) is 9.89. The molecule has 0 aromatic heterocycles. The molecule has 0 N–H and O–H groups in total. The van der Waals surface area contributed by atoms with Gasteiger partial charge in [-0.05, 0) is 80.5 Å². The summed E-state index contributed by atoms with van der Waals surface area (Å²) in [7, 11) is 0. The lowest BCUT2D eigenvalue weighted by molar-refractivity contribution is -0.197. The van der Waals surface area contributed by atoms with E-state index in [4.69, 9.17) is 4.74 Å². The van der Waals surface area contributed by atoms with E-state index in [2.05, 4.69) is 27.7 Å². The van der Waals surface area contributed by atoms with Crippen LogP contribution >= 0.6 is 0 Å². The van der Waals surface area contributed by atoms with E-state index in [1.807, 2.05) is 0 Å². The Bertz CT molecular complexity index is 512. The van der Waals surface area contributed by atoms with Gasteiger partial charge in [0.05, 0.1) is 5.60 Å². The second kappa shape index (κ2) is 4.84. The van der Waals surface area contributed by atoms with Gasteiger partial charge in [-0.2, -0.15) is 0 Å². The zero-order valence-corrected chi connectivity index (χ0v) is 15.5. The number of aldehydes is 1. The van der Waals surface area contributed by atoms with E-state index in [-0.39, 0.29) is 11.0 Å². The summed E-state index contributed by atoms with van der Waals surface area (Å²) in [6, 6.07) is 0. The Hall–Kier alpha value is -0.370. The Morgan fingerprint density at radius 1 is 0.870 bits per heavy atom. The normalized spacial score (nSPS) is 54.7. The quantitative estimate of drug-likeness (QED) is 0.636. The van der Waals surface area contributed by atoms with Crippen molar-refractivity contribution < 1.29 is 9.53 Å². The molecule has 0 radical (unpaired) electrons. The zero-order chi connectivity index (χ0) is 16.5. The third-order valence-electron chi connectivity index (χ3n) is 8.96. The van der Waals surface area contributed by atoms with Crippen molar-refractivity contribution in [2.45, 2.75) is 84.7 Å². The highest BCUT2D eigenvalue weighted by Crippen LogP contribution is 2.70. The minimum absolute atomic E-state index is 0.0569. The molecular weight excluding hydrogens is 284 g/mol. The summed E-state index contributed by atoms with van der Waals surface area (Å²) in [4.78, 5) is 12.5. The summed E-state index contributed by atoms with van der Waals surface area (Å²) in [5.74, 6) is 1.81. The van der Waals surface area contributed by atoms with E-state index in [0.717, 1.165) is 19.4 Å². The fourth-order valence-corrected chi connectivity index (χ4v) is 8.01. The van der Waals surface area contributed by atoms with E-state index >= 15 is 0 Å². The van der Waals surface area contributed by atoms with Gasteiger partial charge in [0.1, 0.15) is 6.29 Å². The maximum absolute atomic E-state index is 12.5. The van der Waals surface area contributed by atoms with Gasteiger partial charge in [0, 0.05) is 12.0 Å². The zero-order valence-electron chi connectivity index (χ0n) is 15.5. The van der Waals surface area contributed by atoms with Crippen molar-refractivity contribution >= 4 is 6.29 Å². The fourth-order valence-electron chi connectivity index (χ4n) is 8.01. The van der Waals surface area contributed by atoms with Crippen molar-refractivity contribution in [1.82, 2.24) is 0 Å². The highest BCUT2D eigenvalue weighted by Gasteiger charge is 2.66. The molecule has 3 saturated carbocycles. The van der Waals surface area contributed by atoms with Crippen molar-refractivity contribution in [2.75, 3.05) is 6.61 Å². The number of rotatable bonds is 1. The van der Waals surface area contributed by atoms with Crippen LogP contribution in [0.4, 0.5) is 0 Å². The highest BCUT2D eigenvalue weighted by molar-refractivity contribution is 5.62. The highest BCUT2D eigenvalue weighted by atomic mass is 16.5. The first-order valence-electron chi connectivity index (χ1n) is 9.89. The van der Waals surface area contributed by atoms with E-state index < -0.39 is 0 Å². The van der Waals surface area contributed by atoms with E-state index in [9.17, 15) is 4.79 Å². The van der Waals surface area contributed by atoms with Crippen molar-refractivity contribution in [2.24, 2.45) is 34.0 Å². The van der Waals surface area contributed by atoms with Gasteiger partial charge in [-0.25, -0.2) is 0 Å². The average Bonchev–Trinajstić information content (AvgIpc) is 2.89. The van der Waals surface area contributed by atoms with Crippen LogP contribution in [0, 0.1) is 34.0 Å². The maximum atomic E-state index is 12.5. The second-order valence-electron chi connectivity index (χ2n) is 10.3. The van der Waals surface area contributed by atoms with Crippen molar-refractivity contribution in [3.05, 3.63) is 0 Å². The van der Waals surface area contributed by atoms with Crippen LogP contribution in [0.1, 0.15) is 79.1 Å². The standard InChI is InChI=1S/C21H34O2/c1-18(2)9-5-10-21(14-22)15(18)6-11-19(3)16-8-13-23-20(16,4)12-7-17(19)21/h14-17H,5-13H2,1-4H3/t15-,16-,17-,19-,20-,21+/m0/s1. The molecule has 0 unspecified atom stereocenters.